The van der Waals surface area contributed by atoms with Crippen molar-refractivity contribution < 1.29 is 4.74 Å². The number of epoxide rings is 1. The SMILES string of the molecule is c1cc2c(cc1C1CO1)CCc1nnnn1-2. The highest BCUT2D eigenvalue weighted by atomic mass is 16.6. The number of hydrogen-bond acceptors (Lipinski definition) is 4. The monoisotopic (exact) mass is 214 g/mol. The Bertz CT molecular complexity index is 559. The third-order valence-electron chi connectivity index (χ3n) is 3.19. The largest absolute Gasteiger partial charge is 0.368 e. The molecule has 1 aromatic carbocycles. The number of aromatic nitrogens is 4. The van der Waals surface area contributed by atoms with Gasteiger partial charge in [-0.2, -0.15) is 4.68 Å². The second-order valence-corrected chi connectivity index (χ2v) is 4.22. The number of tetrazole rings is 1. The van der Waals surface area contributed by atoms with Gasteiger partial charge in [0.25, 0.3) is 0 Å². The van der Waals surface area contributed by atoms with Gasteiger partial charge in [-0.3, -0.25) is 0 Å². The summed E-state index contributed by atoms with van der Waals surface area (Å²) in [6.07, 6.45) is 2.24. The predicted molar refractivity (Wildman–Crippen MR) is 55.3 cm³/mol. The Kier molecular flexibility index (Phi) is 1.52. The average Bonchev–Trinajstić information content (AvgIpc) is 3.06. The number of aryl methyl sites for hydroxylation is 2. The van der Waals surface area contributed by atoms with Crippen molar-refractivity contribution in [3.05, 3.63) is 35.2 Å². The smallest absolute Gasteiger partial charge is 0.157 e. The number of fused-ring (bicyclic) bond motifs is 3. The molecule has 0 aliphatic carbocycles. The van der Waals surface area contributed by atoms with Crippen molar-refractivity contribution in [2.24, 2.45) is 0 Å². The second kappa shape index (κ2) is 2.89. The molecule has 0 amide bonds. The first kappa shape index (κ1) is 8.41. The number of nitrogens with zero attached hydrogens (tertiary/aromatic N) is 4. The Labute approximate surface area is 92.0 Å². The van der Waals surface area contributed by atoms with E-state index in [0.29, 0.717) is 6.10 Å². The van der Waals surface area contributed by atoms with Crippen LogP contribution in [0.1, 0.15) is 23.1 Å². The van der Waals surface area contributed by atoms with Gasteiger partial charge >= 0.3 is 0 Å². The molecular formula is C11H10N4O. The van der Waals surface area contributed by atoms with Crippen LogP contribution in [-0.4, -0.2) is 26.8 Å². The number of hydrogen-bond donors (Lipinski definition) is 0. The Balaban J connectivity index is 1.87. The molecule has 16 heavy (non-hydrogen) atoms. The lowest BCUT2D eigenvalue weighted by molar-refractivity contribution is 0.415. The molecule has 1 aromatic heterocycles. The molecule has 0 spiro atoms. The molecule has 80 valence electrons. The Morgan fingerprint density at radius 2 is 2.25 bits per heavy atom. The van der Waals surface area contributed by atoms with Gasteiger partial charge in [-0.25, -0.2) is 0 Å². The van der Waals surface area contributed by atoms with Crippen LogP contribution in [0.4, 0.5) is 0 Å². The fraction of sp³-hybridized carbons (Fsp3) is 0.364. The van der Waals surface area contributed by atoms with E-state index in [4.69, 9.17) is 4.74 Å². The standard InChI is InChI=1S/C11H10N4O/c1-3-9-7(5-8(1)10-6-16-10)2-4-11-12-13-14-15(9)11/h1,3,5,10H,2,4,6H2. The summed E-state index contributed by atoms with van der Waals surface area (Å²) in [5, 5.41) is 11.7. The van der Waals surface area contributed by atoms with E-state index in [-0.39, 0.29) is 0 Å². The first-order valence-corrected chi connectivity index (χ1v) is 5.44. The first-order valence-electron chi connectivity index (χ1n) is 5.44. The molecule has 0 N–H and O–H groups in total. The van der Waals surface area contributed by atoms with Crippen LogP contribution in [0.25, 0.3) is 5.69 Å². The summed E-state index contributed by atoms with van der Waals surface area (Å²) in [7, 11) is 0. The van der Waals surface area contributed by atoms with Gasteiger partial charge in [0.05, 0.1) is 12.3 Å². The zero-order valence-corrected chi connectivity index (χ0v) is 8.63. The topological polar surface area (TPSA) is 56.1 Å². The lowest BCUT2D eigenvalue weighted by Crippen LogP contribution is -2.13. The lowest BCUT2D eigenvalue weighted by Gasteiger charge is -2.16. The summed E-state index contributed by atoms with van der Waals surface area (Å²) in [6, 6.07) is 6.41. The van der Waals surface area contributed by atoms with Crippen LogP contribution in [0.15, 0.2) is 18.2 Å². The Morgan fingerprint density at radius 1 is 1.31 bits per heavy atom. The molecule has 0 radical (unpaired) electrons. The zero-order chi connectivity index (χ0) is 10.5. The van der Waals surface area contributed by atoms with Crippen LogP contribution in [0.2, 0.25) is 0 Å². The van der Waals surface area contributed by atoms with Crippen LogP contribution >= 0.6 is 0 Å². The molecule has 2 aromatic rings. The van der Waals surface area contributed by atoms with E-state index in [2.05, 4.69) is 33.7 Å². The van der Waals surface area contributed by atoms with E-state index in [1.165, 1.54) is 11.1 Å². The maximum absolute atomic E-state index is 5.29. The van der Waals surface area contributed by atoms with Crippen molar-refractivity contribution in [1.29, 1.82) is 0 Å². The molecule has 1 fully saturated rings. The molecule has 2 aliphatic rings. The molecule has 5 nitrogen and oxygen atoms in total. The fourth-order valence-corrected chi connectivity index (χ4v) is 2.25. The van der Waals surface area contributed by atoms with Crippen LogP contribution in [0, 0.1) is 0 Å². The third kappa shape index (κ3) is 1.12. The van der Waals surface area contributed by atoms with Crippen LogP contribution in [0.3, 0.4) is 0 Å². The van der Waals surface area contributed by atoms with Gasteiger partial charge in [-0.05, 0) is 34.0 Å². The van der Waals surface area contributed by atoms with Gasteiger partial charge in [0, 0.05) is 6.42 Å². The van der Waals surface area contributed by atoms with Crippen molar-refractivity contribution in [1.82, 2.24) is 20.2 Å². The molecule has 1 saturated heterocycles. The van der Waals surface area contributed by atoms with E-state index in [0.717, 1.165) is 31.0 Å². The maximum atomic E-state index is 5.29. The number of benzene rings is 1. The minimum Gasteiger partial charge on any atom is -0.368 e. The molecular weight excluding hydrogens is 204 g/mol. The highest BCUT2D eigenvalue weighted by Gasteiger charge is 2.26. The lowest BCUT2D eigenvalue weighted by atomic mass is 10.00. The summed E-state index contributed by atoms with van der Waals surface area (Å²) in [4.78, 5) is 0. The van der Waals surface area contributed by atoms with Gasteiger partial charge < -0.3 is 4.74 Å². The van der Waals surface area contributed by atoms with Gasteiger partial charge in [0.15, 0.2) is 5.82 Å². The van der Waals surface area contributed by atoms with Gasteiger partial charge in [0.1, 0.15) is 6.10 Å². The molecule has 1 atom stereocenters. The molecule has 2 aliphatic heterocycles. The highest BCUT2D eigenvalue weighted by molar-refractivity contribution is 5.46. The van der Waals surface area contributed by atoms with Gasteiger partial charge in [0.2, 0.25) is 0 Å². The van der Waals surface area contributed by atoms with Gasteiger partial charge in [-0.15, -0.1) is 5.10 Å². The summed E-state index contributed by atoms with van der Waals surface area (Å²) in [6.45, 7) is 0.856. The summed E-state index contributed by atoms with van der Waals surface area (Å²) < 4.78 is 7.12. The quantitative estimate of drug-likeness (QED) is 0.660. The van der Waals surface area contributed by atoms with Crippen LogP contribution < -0.4 is 0 Å². The van der Waals surface area contributed by atoms with Crippen molar-refractivity contribution in [2.45, 2.75) is 18.9 Å². The predicted octanol–water partition coefficient (Wildman–Crippen LogP) is 0.832. The average molecular weight is 214 g/mol. The number of rotatable bonds is 1. The third-order valence-corrected chi connectivity index (χ3v) is 3.19. The van der Waals surface area contributed by atoms with E-state index >= 15 is 0 Å². The van der Waals surface area contributed by atoms with Crippen molar-refractivity contribution in [3.63, 3.8) is 0 Å². The normalized spacial score (nSPS) is 21.4. The van der Waals surface area contributed by atoms with Crippen molar-refractivity contribution in [3.8, 4) is 5.69 Å². The summed E-state index contributed by atoms with van der Waals surface area (Å²) >= 11 is 0. The van der Waals surface area contributed by atoms with E-state index in [1.807, 2.05) is 4.68 Å². The Morgan fingerprint density at radius 3 is 3.12 bits per heavy atom. The summed E-state index contributed by atoms with van der Waals surface area (Å²) in [5.41, 5.74) is 3.69. The molecule has 1 unspecified atom stereocenters. The molecule has 0 bridgehead atoms. The molecule has 4 rings (SSSR count). The molecule has 5 heteroatoms. The Hall–Kier alpha value is -1.75. The fourth-order valence-electron chi connectivity index (χ4n) is 2.25. The maximum Gasteiger partial charge on any atom is 0.157 e. The van der Waals surface area contributed by atoms with Gasteiger partial charge in [-0.1, -0.05) is 12.1 Å². The minimum atomic E-state index is 0.320. The first-order chi connectivity index (χ1) is 7.92. The highest BCUT2D eigenvalue weighted by Crippen LogP contribution is 2.33. The number of ether oxygens (including phenoxy) is 1. The van der Waals surface area contributed by atoms with E-state index in [1.54, 1.807) is 0 Å². The van der Waals surface area contributed by atoms with E-state index in [9.17, 15) is 0 Å². The molecule has 3 heterocycles. The minimum absolute atomic E-state index is 0.320. The second-order valence-electron chi connectivity index (χ2n) is 4.22. The summed E-state index contributed by atoms with van der Waals surface area (Å²) in [5.74, 6) is 0.947. The van der Waals surface area contributed by atoms with Crippen LogP contribution in [0.5, 0.6) is 0 Å². The molecule has 0 saturated carbocycles. The zero-order valence-electron chi connectivity index (χ0n) is 8.63. The van der Waals surface area contributed by atoms with Crippen molar-refractivity contribution >= 4 is 0 Å². The van der Waals surface area contributed by atoms with Crippen molar-refractivity contribution in [2.75, 3.05) is 6.61 Å². The van der Waals surface area contributed by atoms with E-state index < -0.39 is 0 Å². The van der Waals surface area contributed by atoms with Crippen LogP contribution in [-0.2, 0) is 17.6 Å².